The fourth-order valence-corrected chi connectivity index (χ4v) is 3.51. The van der Waals surface area contributed by atoms with Crippen molar-refractivity contribution in [1.29, 1.82) is 0 Å². The Morgan fingerprint density at radius 2 is 1.94 bits per heavy atom. The van der Waals surface area contributed by atoms with E-state index < -0.39 is 0 Å². The quantitative estimate of drug-likeness (QED) is 0.570. The predicted molar refractivity (Wildman–Crippen MR) is 122 cm³/mol. The van der Waals surface area contributed by atoms with Crippen LogP contribution in [-0.4, -0.2) is 47.0 Å². The molecule has 1 N–H and O–H groups in total. The molecule has 0 aliphatic carbocycles. The number of Topliss-reactive ketones (excluding diaryl/α,β-unsaturated/α-hetero) is 1. The Balaban J connectivity index is 1.72. The average molecular weight is 418 g/mol. The van der Waals surface area contributed by atoms with Crippen molar-refractivity contribution in [3.05, 3.63) is 59.9 Å². The number of carbonyl (C=O) groups excluding carboxylic acids is 1. The third-order valence-corrected chi connectivity index (χ3v) is 5.18. The van der Waals surface area contributed by atoms with Crippen LogP contribution in [0.15, 0.2) is 48.7 Å². The number of carbonyl (C=O) groups is 1. The van der Waals surface area contributed by atoms with Crippen molar-refractivity contribution in [2.45, 2.75) is 26.7 Å². The standard InChI is InChI=1S/C24H27N5O2/c1-3-6-22(30)19-7-4-5-8-20(19)26-23-15-21(18-10-9-17(2)25-16-18)27-24(28-23)29-11-13-31-14-12-29/h4-5,7-10,15-16H,3,6,11-14H2,1-2H3,(H,26,27,28). The molecular weight excluding hydrogens is 390 g/mol. The minimum absolute atomic E-state index is 0.121. The number of rotatable bonds is 7. The van der Waals surface area contributed by atoms with Gasteiger partial charge in [-0.15, -0.1) is 0 Å². The van der Waals surface area contributed by atoms with Crippen molar-refractivity contribution in [3.8, 4) is 11.3 Å². The molecule has 2 aromatic heterocycles. The molecule has 31 heavy (non-hydrogen) atoms. The van der Waals surface area contributed by atoms with Crippen LogP contribution in [0.3, 0.4) is 0 Å². The maximum Gasteiger partial charge on any atom is 0.228 e. The van der Waals surface area contributed by atoms with Gasteiger partial charge in [-0.1, -0.05) is 19.1 Å². The van der Waals surface area contributed by atoms with Crippen LogP contribution in [0.4, 0.5) is 17.5 Å². The number of ether oxygens (including phenoxy) is 1. The fraction of sp³-hybridized carbons (Fsp3) is 0.333. The van der Waals surface area contributed by atoms with Crippen LogP contribution in [0, 0.1) is 6.92 Å². The molecule has 1 fully saturated rings. The molecule has 3 heterocycles. The lowest BCUT2D eigenvalue weighted by Gasteiger charge is -2.27. The van der Waals surface area contributed by atoms with Crippen LogP contribution in [-0.2, 0) is 4.74 Å². The smallest absolute Gasteiger partial charge is 0.228 e. The van der Waals surface area contributed by atoms with Gasteiger partial charge in [0.15, 0.2) is 5.78 Å². The molecule has 1 aliphatic heterocycles. The van der Waals surface area contributed by atoms with E-state index >= 15 is 0 Å². The zero-order chi connectivity index (χ0) is 21.6. The average Bonchev–Trinajstić information content (AvgIpc) is 2.80. The van der Waals surface area contributed by atoms with E-state index in [1.807, 2.05) is 62.5 Å². The summed E-state index contributed by atoms with van der Waals surface area (Å²) in [6.45, 7) is 6.74. The Bertz CT molecular complexity index is 1050. The van der Waals surface area contributed by atoms with Crippen molar-refractivity contribution >= 4 is 23.2 Å². The summed E-state index contributed by atoms with van der Waals surface area (Å²) in [6.07, 6.45) is 3.15. The Labute approximate surface area is 182 Å². The molecule has 1 aliphatic rings. The number of benzene rings is 1. The summed E-state index contributed by atoms with van der Waals surface area (Å²) in [5.74, 6) is 1.40. The summed E-state index contributed by atoms with van der Waals surface area (Å²) in [5, 5.41) is 3.36. The van der Waals surface area contributed by atoms with Gasteiger partial charge in [-0.3, -0.25) is 9.78 Å². The fourth-order valence-electron chi connectivity index (χ4n) is 3.51. The van der Waals surface area contributed by atoms with Crippen molar-refractivity contribution in [1.82, 2.24) is 15.0 Å². The third kappa shape index (κ3) is 5.06. The van der Waals surface area contributed by atoms with Crippen LogP contribution in [0.2, 0.25) is 0 Å². The second-order valence-corrected chi connectivity index (χ2v) is 7.57. The number of hydrogen-bond donors (Lipinski definition) is 1. The lowest BCUT2D eigenvalue weighted by atomic mass is 10.0. The van der Waals surface area contributed by atoms with E-state index in [1.54, 1.807) is 0 Å². The second kappa shape index (κ2) is 9.66. The lowest BCUT2D eigenvalue weighted by molar-refractivity contribution is 0.0982. The van der Waals surface area contributed by atoms with Crippen LogP contribution in [0.25, 0.3) is 11.3 Å². The first-order valence-electron chi connectivity index (χ1n) is 10.7. The normalized spacial score (nSPS) is 13.8. The maximum atomic E-state index is 12.6. The van der Waals surface area contributed by atoms with E-state index in [0.29, 0.717) is 37.0 Å². The Morgan fingerprint density at radius 1 is 1.13 bits per heavy atom. The molecule has 1 aromatic carbocycles. The number of aromatic nitrogens is 3. The highest BCUT2D eigenvalue weighted by molar-refractivity contribution is 6.01. The van der Waals surface area contributed by atoms with Gasteiger partial charge in [-0.25, -0.2) is 4.98 Å². The highest BCUT2D eigenvalue weighted by Crippen LogP contribution is 2.27. The van der Waals surface area contributed by atoms with Gasteiger partial charge >= 0.3 is 0 Å². The molecule has 0 unspecified atom stereocenters. The largest absolute Gasteiger partial charge is 0.378 e. The minimum atomic E-state index is 0.121. The van der Waals surface area contributed by atoms with E-state index in [4.69, 9.17) is 14.7 Å². The van der Waals surface area contributed by atoms with E-state index in [9.17, 15) is 4.79 Å². The first-order chi connectivity index (χ1) is 15.1. The van der Waals surface area contributed by atoms with Crippen LogP contribution in [0.5, 0.6) is 0 Å². The Morgan fingerprint density at radius 3 is 2.68 bits per heavy atom. The lowest BCUT2D eigenvalue weighted by Crippen LogP contribution is -2.37. The molecule has 0 atom stereocenters. The number of nitrogens with one attached hydrogen (secondary N) is 1. The summed E-state index contributed by atoms with van der Waals surface area (Å²) in [6, 6.07) is 13.4. The first-order valence-corrected chi connectivity index (χ1v) is 10.7. The van der Waals surface area contributed by atoms with Crippen LogP contribution in [0.1, 0.15) is 35.8 Å². The number of nitrogens with zero attached hydrogens (tertiary/aromatic N) is 4. The number of pyridine rings is 1. The molecule has 0 amide bonds. The minimum Gasteiger partial charge on any atom is -0.378 e. The van der Waals surface area contributed by atoms with E-state index in [-0.39, 0.29) is 5.78 Å². The topological polar surface area (TPSA) is 80.2 Å². The maximum absolute atomic E-state index is 12.6. The molecule has 0 spiro atoms. The van der Waals surface area contributed by atoms with Crippen LogP contribution >= 0.6 is 0 Å². The molecule has 4 rings (SSSR count). The molecule has 1 saturated heterocycles. The molecule has 7 nitrogen and oxygen atoms in total. The summed E-state index contributed by atoms with van der Waals surface area (Å²) < 4.78 is 5.48. The van der Waals surface area contributed by atoms with Crippen molar-refractivity contribution in [2.75, 3.05) is 36.5 Å². The molecule has 7 heteroatoms. The van der Waals surface area contributed by atoms with E-state index in [0.717, 1.165) is 42.1 Å². The number of morpholine rings is 1. The van der Waals surface area contributed by atoms with Gasteiger partial charge in [0.1, 0.15) is 5.82 Å². The molecule has 0 radical (unpaired) electrons. The Hall–Kier alpha value is -3.32. The van der Waals surface area contributed by atoms with Gasteiger partial charge in [0, 0.05) is 48.6 Å². The highest BCUT2D eigenvalue weighted by atomic mass is 16.5. The summed E-state index contributed by atoms with van der Waals surface area (Å²) in [4.78, 5) is 28.7. The number of ketones is 1. The van der Waals surface area contributed by atoms with Gasteiger partial charge in [-0.05, 0) is 37.6 Å². The van der Waals surface area contributed by atoms with Gasteiger partial charge in [-0.2, -0.15) is 4.98 Å². The molecule has 0 bridgehead atoms. The summed E-state index contributed by atoms with van der Waals surface area (Å²) >= 11 is 0. The van der Waals surface area contributed by atoms with Gasteiger partial charge < -0.3 is 15.0 Å². The molecule has 3 aromatic rings. The molecule has 160 valence electrons. The summed E-state index contributed by atoms with van der Waals surface area (Å²) in [7, 11) is 0. The SMILES string of the molecule is CCCC(=O)c1ccccc1Nc1cc(-c2ccc(C)nc2)nc(N2CCOCC2)n1. The van der Waals surface area contributed by atoms with Crippen LogP contribution < -0.4 is 10.2 Å². The highest BCUT2D eigenvalue weighted by Gasteiger charge is 2.18. The third-order valence-electron chi connectivity index (χ3n) is 5.18. The number of hydrogen-bond acceptors (Lipinski definition) is 7. The van der Waals surface area contributed by atoms with Gasteiger partial charge in [0.05, 0.1) is 24.6 Å². The predicted octanol–water partition coefficient (Wildman–Crippen LogP) is 4.41. The number of para-hydroxylation sites is 1. The zero-order valence-electron chi connectivity index (χ0n) is 18.0. The van der Waals surface area contributed by atoms with Crippen molar-refractivity contribution in [2.24, 2.45) is 0 Å². The second-order valence-electron chi connectivity index (χ2n) is 7.57. The van der Waals surface area contributed by atoms with E-state index in [1.165, 1.54) is 0 Å². The molecule has 0 saturated carbocycles. The Kier molecular flexibility index (Phi) is 6.52. The van der Waals surface area contributed by atoms with E-state index in [2.05, 4.69) is 15.2 Å². The van der Waals surface area contributed by atoms with Gasteiger partial charge in [0.2, 0.25) is 5.95 Å². The van der Waals surface area contributed by atoms with Gasteiger partial charge in [0.25, 0.3) is 0 Å². The summed E-state index contributed by atoms with van der Waals surface area (Å²) in [5.41, 5.74) is 4.08. The van der Waals surface area contributed by atoms with Crippen molar-refractivity contribution in [3.63, 3.8) is 0 Å². The molecular formula is C24H27N5O2. The number of anilines is 3. The number of aryl methyl sites for hydroxylation is 1. The monoisotopic (exact) mass is 417 g/mol. The van der Waals surface area contributed by atoms with Crippen molar-refractivity contribution < 1.29 is 9.53 Å². The first kappa shape index (κ1) is 20.9. The zero-order valence-corrected chi connectivity index (χ0v) is 18.0.